The number of phenolic OH excluding ortho intramolecular Hbond substituents is 1. The minimum absolute atomic E-state index is 0.137. The van der Waals surface area contributed by atoms with Crippen molar-refractivity contribution in [1.29, 1.82) is 0 Å². The summed E-state index contributed by atoms with van der Waals surface area (Å²) in [6.07, 6.45) is 0.996. The molecule has 2 aromatic carbocycles. The summed E-state index contributed by atoms with van der Waals surface area (Å²) in [5, 5.41) is 10.2. The van der Waals surface area contributed by atoms with Crippen LogP contribution in [0.25, 0.3) is 0 Å². The van der Waals surface area contributed by atoms with Gasteiger partial charge in [0.2, 0.25) is 0 Å². The minimum atomic E-state index is 0.137. The van der Waals surface area contributed by atoms with Gasteiger partial charge in [0.05, 0.1) is 6.10 Å². The molecule has 0 saturated heterocycles. The first-order chi connectivity index (χ1) is 9.24. The molecule has 0 unspecified atom stereocenters. The maximum atomic E-state index is 10.2. The SMILES string of the molecule is C[C@H]1C[C@@H]2c3c(O)cccc3Oc3cccc(c32)O1. The Bertz CT molecular complexity index is 663. The van der Waals surface area contributed by atoms with Gasteiger partial charge in [-0.1, -0.05) is 12.1 Å². The summed E-state index contributed by atoms with van der Waals surface area (Å²) >= 11 is 0. The van der Waals surface area contributed by atoms with Gasteiger partial charge < -0.3 is 14.6 Å². The van der Waals surface area contributed by atoms with Gasteiger partial charge in [-0.05, 0) is 37.6 Å². The van der Waals surface area contributed by atoms with Crippen molar-refractivity contribution in [3.05, 3.63) is 47.5 Å². The van der Waals surface area contributed by atoms with Crippen molar-refractivity contribution in [3.63, 3.8) is 0 Å². The van der Waals surface area contributed by atoms with Gasteiger partial charge in [-0.3, -0.25) is 0 Å². The quantitative estimate of drug-likeness (QED) is 0.777. The summed E-state index contributed by atoms with van der Waals surface area (Å²) in [5.41, 5.74) is 1.95. The predicted octanol–water partition coefficient (Wildman–Crippen LogP) is 3.80. The highest BCUT2D eigenvalue weighted by molar-refractivity contribution is 5.62. The standard InChI is InChI=1S/C16H14O3/c1-9-8-10-15-11(17)4-2-5-12(15)19-14-7-3-6-13(18-9)16(10)14/h2-7,9-10,17H,8H2,1H3/t9-,10+/m0/s1. The fourth-order valence-electron chi connectivity index (χ4n) is 3.13. The van der Waals surface area contributed by atoms with Crippen molar-refractivity contribution < 1.29 is 14.6 Å². The molecule has 0 spiro atoms. The van der Waals surface area contributed by atoms with Crippen LogP contribution in [0.5, 0.6) is 23.0 Å². The zero-order valence-corrected chi connectivity index (χ0v) is 10.6. The average Bonchev–Trinajstić information content (AvgIpc) is 2.38. The lowest BCUT2D eigenvalue weighted by atomic mass is 9.81. The third-order valence-corrected chi connectivity index (χ3v) is 3.88. The summed E-state index contributed by atoms with van der Waals surface area (Å²) in [5.74, 6) is 2.92. The zero-order chi connectivity index (χ0) is 13.0. The maximum absolute atomic E-state index is 10.2. The number of benzene rings is 2. The van der Waals surface area contributed by atoms with Gasteiger partial charge in [-0.15, -0.1) is 0 Å². The summed E-state index contributed by atoms with van der Waals surface area (Å²) in [7, 11) is 0. The zero-order valence-electron chi connectivity index (χ0n) is 10.6. The Morgan fingerprint density at radius 3 is 2.53 bits per heavy atom. The van der Waals surface area contributed by atoms with E-state index in [0.717, 1.165) is 34.8 Å². The van der Waals surface area contributed by atoms with Crippen molar-refractivity contribution in [3.8, 4) is 23.0 Å². The van der Waals surface area contributed by atoms with Gasteiger partial charge in [-0.2, -0.15) is 0 Å². The molecule has 1 N–H and O–H groups in total. The molecule has 4 rings (SSSR count). The lowest BCUT2D eigenvalue weighted by molar-refractivity contribution is 0.177. The van der Waals surface area contributed by atoms with Crippen LogP contribution in [-0.4, -0.2) is 11.2 Å². The van der Waals surface area contributed by atoms with Gasteiger partial charge in [0.1, 0.15) is 23.0 Å². The molecule has 2 aliphatic heterocycles. The second-order valence-corrected chi connectivity index (χ2v) is 5.18. The van der Waals surface area contributed by atoms with Gasteiger partial charge in [0.15, 0.2) is 0 Å². The molecule has 0 amide bonds. The molecule has 0 aromatic heterocycles. The largest absolute Gasteiger partial charge is 0.508 e. The molecule has 0 fully saturated rings. The van der Waals surface area contributed by atoms with Crippen molar-refractivity contribution in [2.24, 2.45) is 0 Å². The van der Waals surface area contributed by atoms with Crippen LogP contribution in [0.4, 0.5) is 0 Å². The molecule has 0 bridgehead atoms. The molecular formula is C16H14O3. The molecule has 96 valence electrons. The molecule has 3 nitrogen and oxygen atoms in total. The lowest BCUT2D eigenvalue weighted by Crippen LogP contribution is -2.25. The Balaban J connectivity index is 2.00. The van der Waals surface area contributed by atoms with Crippen LogP contribution in [0, 0.1) is 0 Å². The number of phenols is 1. The Hall–Kier alpha value is -2.16. The second-order valence-electron chi connectivity index (χ2n) is 5.18. The molecule has 2 atom stereocenters. The first-order valence-electron chi connectivity index (χ1n) is 6.53. The van der Waals surface area contributed by atoms with Crippen LogP contribution in [-0.2, 0) is 0 Å². The van der Waals surface area contributed by atoms with E-state index in [1.54, 1.807) is 6.07 Å². The molecule has 0 saturated carbocycles. The van der Waals surface area contributed by atoms with E-state index in [1.807, 2.05) is 30.3 Å². The summed E-state index contributed by atoms with van der Waals surface area (Å²) in [6.45, 7) is 2.06. The molecule has 2 heterocycles. The second kappa shape index (κ2) is 3.67. The number of hydrogen-bond donors (Lipinski definition) is 1. The highest BCUT2D eigenvalue weighted by atomic mass is 16.5. The van der Waals surface area contributed by atoms with E-state index in [0.29, 0.717) is 5.75 Å². The third kappa shape index (κ3) is 1.44. The fourth-order valence-corrected chi connectivity index (χ4v) is 3.13. The van der Waals surface area contributed by atoms with Crippen LogP contribution >= 0.6 is 0 Å². The van der Waals surface area contributed by atoms with Crippen LogP contribution in [0.2, 0.25) is 0 Å². The molecule has 3 heteroatoms. The van der Waals surface area contributed by atoms with E-state index in [4.69, 9.17) is 9.47 Å². The molecule has 0 radical (unpaired) electrons. The highest BCUT2D eigenvalue weighted by Crippen LogP contribution is 2.54. The molecular weight excluding hydrogens is 240 g/mol. The van der Waals surface area contributed by atoms with Crippen LogP contribution in [0.1, 0.15) is 30.4 Å². The van der Waals surface area contributed by atoms with Gasteiger partial charge in [0.25, 0.3) is 0 Å². The Morgan fingerprint density at radius 1 is 1.00 bits per heavy atom. The first-order valence-corrected chi connectivity index (χ1v) is 6.53. The van der Waals surface area contributed by atoms with Crippen molar-refractivity contribution >= 4 is 0 Å². The van der Waals surface area contributed by atoms with E-state index in [9.17, 15) is 5.11 Å². The fraction of sp³-hybridized carbons (Fsp3) is 0.250. The predicted molar refractivity (Wildman–Crippen MR) is 71.2 cm³/mol. The highest BCUT2D eigenvalue weighted by Gasteiger charge is 2.36. The maximum Gasteiger partial charge on any atom is 0.134 e. The minimum Gasteiger partial charge on any atom is -0.508 e. The Kier molecular flexibility index (Phi) is 2.07. The number of hydrogen-bond acceptors (Lipinski definition) is 3. The Morgan fingerprint density at radius 2 is 1.68 bits per heavy atom. The number of ether oxygens (including phenoxy) is 2. The monoisotopic (exact) mass is 254 g/mol. The van der Waals surface area contributed by atoms with E-state index in [2.05, 4.69) is 6.92 Å². The summed E-state index contributed by atoms with van der Waals surface area (Å²) in [6, 6.07) is 11.3. The van der Waals surface area contributed by atoms with E-state index >= 15 is 0 Å². The van der Waals surface area contributed by atoms with Gasteiger partial charge in [-0.25, -0.2) is 0 Å². The van der Waals surface area contributed by atoms with Crippen molar-refractivity contribution in [1.82, 2.24) is 0 Å². The molecule has 2 aromatic rings. The number of aromatic hydroxyl groups is 1. The van der Waals surface area contributed by atoms with Crippen LogP contribution in [0.3, 0.4) is 0 Å². The van der Waals surface area contributed by atoms with Crippen LogP contribution in [0.15, 0.2) is 36.4 Å². The van der Waals surface area contributed by atoms with Gasteiger partial charge >= 0.3 is 0 Å². The van der Waals surface area contributed by atoms with Crippen molar-refractivity contribution in [2.45, 2.75) is 25.4 Å². The number of fused-ring (bicyclic) bond motifs is 2. The summed E-state index contributed by atoms with van der Waals surface area (Å²) < 4.78 is 11.8. The van der Waals surface area contributed by atoms with E-state index in [-0.39, 0.29) is 12.0 Å². The molecule has 0 aliphatic carbocycles. The molecule has 2 aliphatic rings. The summed E-state index contributed by atoms with van der Waals surface area (Å²) in [4.78, 5) is 0. The van der Waals surface area contributed by atoms with E-state index in [1.165, 1.54) is 0 Å². The first kappa shape index (κ1) is 10.7. The molecule has 19 heavy (non-hydrogen) atoms. The van der Waals surface area contributed by atoms with Crippen LogP contribution < -0.4 is 9.47 Å². The third-order valence-electron chi connectivity index (χ3n) is 3.88. The smallest absolute Gasteiger partial charge is 0.134 e. The normalized spacial score (nSPS) is 22.8. The lowest BCUT2D eigenvalue weighted by Gasteiger charge is -2.36. The number of rotatable bonds is 0. The Labute approximate surface area is 111 Å². The average molecular weight is 254 g/mol. The van der Waals surface area contributed by atoms with E-state index < -0.39 is 0 Å². The van der Waals surface area contributed by atoms with Gasteiger partial charge in [0, 0.05) is 17.0 Å². The topological polar surface area (TPSA) is 38.7 Å². The van der Waals surface area contributed by atoms with Crippen molar-refractivity contribution in [2.75, 3.05) is 0 Å².